The van der Waals surface area contributed by atoms with Gasteiger partial charge >= 0.3 is 0 Å². The van der Waals surface area contributed by atoms with Crippen molar-refractivity contribution in [1.82, 2.24) is 10.2 Å². The van der Waals surface area contributed by atoms with Crippen LogP contribution in [0.15, 0.2) is 15.9 Å². The predicted octanol–water partition coefficient (Wildman–Crippen LogP) is 3.26. The standard InChI is InChI=1S/C14H19BrN2OS/c1-2-17(14(18)13-12(15)5-6-19-13)11-7-9-3-4-10(8-11)16-9/h5-6,9-11,16H,2-4,7-8H2,1H3. The third kappa shape index (κ3) is 2.60. The average Bonchev–Trinajstić information content (AvgIpc) is 2.96. The molecule has 0 radical (unpaired) electrons. The highest BCUT2D eigenvalue weighted by Gasteiger charge is 2.37. The van der Waals surface area contributed by atoms with Crippen LogP contribution in [0.25, 0.3) is 0 Å². The fourth-order valence-electron chi connectivity index (χ4n) is 3.43. The molecule has 3 heterocycles. The van der Waals surface area contributed by atoms with E-state index in [2.05, 4.69) is 33.1 Å². The quantitative estimate of drug-likeness (QED) is 0.914. The van der Waals surface area contributed by atoms with Gasteiger partial charge in [-0.15, -0.1) is 11.3 Å². The maximum atomic E-state index is 12.7. The minimum atomic E-state index is 0.190. The van der Waals surface area contributed by atoms with E-state index in [0.717, 1.165) is 28.7 Å². The van der Waals surface area contributed by atoms with E-state index in [1.54, 1.807) is 0 Å². The van der Waals surface area contributed by atoms with E-state index in [9.17, 15) is 4.79 Å². The van der Waals surface area contributed by atoms with E-state index in [1.807, 2.05) is 11.4 Å². The highest BCUT2D eigenvalue weighted by molar-refractivity contribution is 9.10. The number of piperidine rings is 1. The number of fused-ring (bicyclic) bond motifs is 2. The van der Waals surface area contributed by atoms with Gasteiger partial charge in [0.05, 0.1) is 0 Å². The lowest BCUT2D eigenvalue weighted by atomic mass is 9.98. The molecule has 1 aromatic rings. The summed E-state index contributed by atoms with van der Waals surface area (Å²) in [6.45, 7) is 2.89. The molecule has 1 amide bonds. The van der Waals surface area contributed by atoms with Crippen LogP contribution in [-0.4, -0.2) is 35.5 Å². The fourth-order valence-corrected chi connectivity index (χ4v) is 4.92. The van der Waals surface area contributed by atoms with E-state index in [1.165, 1.54) is 24.2 Å². The van der Waals surface area contributed by atoms with Crippen LogP contribution in [0.3, 0.4) is 0 Å². The van der Waals surface area contributed by atoms with Crippen LogP contribution in [0, 0.1) is 0 Å². The van der Waals surface area contributed by atoms with E-state index in [-0.39, 0.29) is 5.91 Å². The molecule has 3 rings (SSSR count). The van der Waals surface area contributed by atoms with Gasteiger partial charge in [-0.3, -0.25) is 4.79 Å². The molecule has 1 aromatic heterocycles. The van der Waals surface area contributed by atoms with E-state index < -0.39 is 0 Å². The van der Waals surface area contributed by atoms with Crippen LogP contribution in [0.5, 0.6) is 0 Å². The molecule has 3 nitrogen and oxygen atoms in total. The van der Waals surface area contributed by atoms with Gasteiger partial charge in [0.2, 0.25) is 0 Å². The lowest BCUT2D eigenvalue weighted by Gasteiger charge is -2.37. The Morgan fingerprint density at radius 1 is 1.47 bits per heavy atom. The van der Waals surface area contributed by atoms with E-state index in [4.69, 9.17) is 0 Å². The Kier molecular flexibility index (Phi) is 3.96. The summed E-state index contributed by atoms with van der Waals surface area (Å²) in [5.74, 6) is 0.190. The van der Waals surface area contributed by atoms with Gasteiger partial charge in [0.15, 0.2) is 0 Å². The lowest BCUT2D eigenvalue weighted by Crippen LogP contribution is -2.50. The molecule has 104 valence electrons. The third-order valence-electron chi connectivity index (χ3n) is 4.30. The van der Waals surface area contributed by atoms with Crippen LogP contribution in [0.2, 0.25) is 0 Å². The molecule has 5 heteroatoms. The van der Waals surface area contributed by atoms with Crippen LogP contribution < -0.4 is 5.32 Å². The Bertz CT molecular complexity index is 464. The van der Waals surface area contributed by atoms with Crippen molar-refractivity contribution in [3.63, 3.8) is 0 Å². The Balaban J connectivity index is 1.77. The van der Waals surface area contributed by atoms with Gasteiger partial charge in [0, 0.05) is 29.1 Å². The van der Waals surface area contributed by atoms with Crippen molar-refractivity contribution in [2.24, 2.45) is 0 Å². The molecule has 2 unspecified atom stereocenters. The second-order valence-electron chi connectivity index (χ2n) is 5.45. The molecule has 1 N–H and O–H groups in total. The summed E-state index contributed by atoms with van der Waals surface area (Å²) >= 11 is 5.00. The van der Waals surface area contributed by atoms with E-state index in [0.29, 0.717) is 18.1 Å². The smallest absolute Gasteiger partial charge is 0.265 e. The van der Waals surface area contributed by atoms with E-state index >= 15 is 0 Å². The summed E-state index contributed by atoms with van der Waals surface area (Å²) in [4.78, 5) is 15.6. The Hall–Kier alpha value is -0.390. The van der Waals surface area contributed by atoms with Crippen molar-refractivity contribution in [3.8, 4) is 0 Å². The van der Waals surface area contributed by atoms with Crippen LogP contribution in [0.1, 0.15) is 42.3 Å². The lowest BCUT2D eigenvalue weighted by molar-refractivity contribution is 0.0635. The number of carbonyl (C=O) groups excluding carboxylic acids is 1. The summed E-state index contributed by atoms with van der Waals surface area (Å²) < 4.78 is 0.929. The molecule has 2 fully saturated rings. The highest BCUT2D eigenvalue weighted by atomic mass is 79.9. The molecule has 2 saturated heterocycles. The molecule has 2 aliphatic rings. The van der Waals surface area contributed by atoms with Crippen LogP contribution in [-0.2, 0) is 0 Å². The number of nitrogens with zero attached hydrogens (tertiary/aromatic N) is 1. The number of rotatable bonds is 3. The summed E-state index contributed by atoms with van der Waals surface area (Å²) in [6, 6.07) is 3.61. The van der Waals surface area contributed by atoms with Gasteiger partial charge in [-0.1, -0.05) is 0 Å². The van der Waals surface area contributed by atoms with Crippen molar-refractivity contribution in [2.75, 3.05) is 6.54 Å². The van der Waals surface area contributed by atoms with Crippen molar-refractivity contribution in [1.29, 1.82) is 0 Å². The van der Waals surface area contributed by atoms with Crippen molar-refractivity contribution >= 4 is 33.2 Å². The molecule has 0 saturated carbocycles. The number of amides is 1. The third-order valence-corrected chi connectivity index (χ3v) is 6.13. The van der Waals surface area contributed by atoms with Gasteiger partial charge in [0.1, 0.15) is 4.88 Å². The number of hydrogen-bond donors (Lipinski definition) is 1. The second kappa shape index (κ2) is 5.54. The van der Waals surface area contributed by atoms with Gasteiger partial charge in [-0.2, -0.15) is 0 Å². The normalized spacial score (nSPS) is 29.5. The molecule has 0 aromatic carbocycles. The second-order valence-corrected chi connectivity index (χ2v) is 7.22. The summed E-state index contributed by atoms with van der Waals surface area (Å²) in [5, 5.41) is 5.61. The molecule has 19 heavy (non-hydrogen) atoms. The zero-order valence-electron chi connectivity index (χ0n) is 11.1. The Morgan fingerprint density at radius 2 is 2.16 bits per heavy atom. The topological polar surface area (TPSA) is 32.3 Å². The van der Waals surface area contributed by atoms with Gasteiger partial charge in [0.25, 0.3) is 5.91 Å². The largest absolute Gasteiger partial charge is 0.335 e. The molecule has 0 aliphatic carbocycles. The van der Waals surface area contributed by atoms with Crippen molar-refractivity contribution in [2.45, 2.75) is 50.7 Å². The maximum Gasteiger partial charge on any atom is 0.265 e. The van der Waals surface area contributed by atoms with Crippen LogP contribution >= 0.6 is 27.3 Å². The highest BCUT2D eigenvalue weighted by Crippen LogP contribution is 2.32. The first-order valence-electron chi connectivity index (χ1n) is 6.99. The Labute approximate surface area is 126 Å². The van der Waals surface area contributed by atoms with Gasteiger partial charge in [-0.25, -0.2) is 0 Å². The first kappa shape index (κ1) is 13.6. The number of hydrogen-bond acceptors (Lipinski definition) is 3. The molecule has 2 bridgehead atoms. The summed E-state index contributed by atoms with van der Waals surface area (Å²) in [5.41, 5.74) is 0. The predicted molar refractivity (Wildman–Crippen MR) is 81.7 cm³/mol. The SMILES string of the molecule is CCN(C(=O)c1sccc1Br)C1CC2CCC(C1)N2. The van der Waals surface area contributed by atoms with Gasteiger partial charge in [-0.05, 0) is 60.0 Å². The van der Waals surface area contributed by atoms with Crippen molar-refractivity contribution in [3.05, 3.63) is 20.8 Å². The van der Waals surface area contributed by atoms with Crippen LogP contribution in [0.4, 0.5) is 0 Å². The molecule has 0 spiro atoms. The fraction of sp³-hybridized carbons (Fsp3) is 0.643. The number of halogens is 1. The molecule has 2 aliphatic heterocycles. The monoisotopic (exact) mass is 342 g/mol. The van der Waals surface area contributed by atoms with Crippen molar-refractivity contribution < 1.29 is 4.79 Å². The minimum Gasteiger partial charge on any atom is -0.335 e. The van der Waals surface area contributed by atoms with Gasteiger partial charge < -0.3 is 10.2 Å². The summed E-state index contributed by atoms with van der Waals surface area (Å²) in [6.07, 6.45) is 4.77. The average molecular weight is 343 g/mol. The summed E-state index contributed by atoms with van der Waals surface area (Å²) in [7, 11) is 0. The molecular formula is C14H19BrN2OS. The zero-order valence-corrected chi connectivity index (χ0v) is 13.5. The minimum absolute atomic E-state index is 0.190. The first-order valence-corrected chi connectivity index (χ1v) is 8.66. The first-order chi connectivity index (χ1) is 9.19. The maximum absolute atomic E-state index is 12.7. The number of nitrogens with one attached hydrogen (secondary N) is 1. The number of carbonyl (C=O) groups is 1. The molecule has 2 atom stereocenters. The number of thiophene rings is 1. The zero-order chi connectivity index (χ0) is 13.4. The molecular weight excluding hydrogens is 324 g/mol. The Morgan fingerprint density at radius 3 is 2.68 bits per heavy atom.